The first-order valence-electron chi connectivity index (χ1n) is 9.90. The third-order valence-corrected chi connectivity index (χ3v) is 5.89. The largest absolute Gasteiger partial charge is 0.497 e. The van der Waals surface area contributed by atoms with Crippen LogP contribution in [0, 0.1) is 5.82 Å². The normalized spacial score (nSPS) is 16.1. The average Bonchev–Trinajstić information content (AvgIpc) is 3.07. The quantitative estimate of drug-likeness (QED) is 0.458. The highest BCUT2D eigenvalue weighted by molar-refractivity contribution is 8.18. The molecular weight excluding hydrogens is 427 g/mol. The van der Waals surface area contributed by atoms with Crippen molar-refractivity contribution in [1.82, 2.24) is 4.90 Å². The van der Waals surface area contributed by atoms with Gasteiger partial charge in [0.2, 0.25) is 0 Å². The Morgan fingerprint density at radius 1 is 1.00 bits per heavy atom. The molecule has 3 aromatic rings. The van der Waals surface area contributed by atoms with Crippen molar-refractivity contribution in [2.45, 2.75) is 6.61 Å². The Morgan fingerprint density at radius 3 is 2.38 bits per heavy atom. The van der Waals surface area contributed by atoms with E-state index in [2.05, 4.69) is 4.99 Å². The Kier molecular flexibility index (Phi) is 6.56. The summed E-state index contributed by atoms with van der Waals surface area (Å²) in [6.45, 7) is 0.150. The minimum Gasteiger partial charge on any atom is -0.497 e. The van der Waals surface area contributed by atoms with E-state index in [0.29, 0.717) is 21.4 Å². The first kappa shape index (κ1) is 21.6. The number of halogens is 1. The minimum absolute atomic E-state index is 0.109. The predicted molar refractivity (Wildman–Crippen MR) is 126 cm³/mol. The van der Waals surface area contributed by atoms with Crippen LogP contribution in [0.1, 0.15) is 11.1 Å². The standard InChI is InChI=1S/C25H21FN2O3S/c1-28-24(29)23(32-25(28)27-19-9-13-20(30-2)14-10-19)15-17-7-11-21(12-8-17)31-16-18-5-3-4-6-22(18)26/h3-15H,16H2,1-2H3/b23-15-,27-25?. The van der Waals surface area contributed by atoms with Crippen molar-refractivity contribution in [1.29, 1.82) is 0 Å². The van der Waals surface area contributed by atoms with Crippen LogP contribution in [0.2, 0.25) is 0 Å². The Morgan fingerprint density at radius 2 is 1.69 bits per heavy atom. The molecule has 0 bridgehead atoms. The second-order valence-corrected chi connectivity index (χ2v) is 8.03. The Hall–Kier alpha value is -3.58. The molecule has 5 nitrogen and oxygen atoms in total. The summed E-state index contributed by atoms with van der Waals surface area (Å²) in [5, 5.41) is 0.608. The maximum absolute atomic E-state index is 13.7. The first-order valence-corrected chi connectivity index (χ1v) is 10.7. The van der Waals surface area contributed by atoms with Crippen LogP contribution in [-0.2, 0) is 11.4 Å². The van der Waals surface area contributed by atoms with Crippen molar-refractivity contribution in [3.8, 4) is 11.5 Å². The van der Waals surface area contributed by atoms with Crippen molar-refractivity contribution >= 4 is 34.6 Å². The molecule has 3 aromatic carbocycles. The Balaban J connectivity index is 1.44. The summed E-state index contributed by atoms with van der Waals surface area (Å²) in [6.07, 6.45) is 1.82. The lowest BCUT2D eigenvalue weighted by atomic mass is 10.2. The van der Waals surface area contributed by atoms with Gasteiger partial charge in [-0.25, -0.2) is 9.38 Å². The molecule has 0 aliphatic carbocycles. The molecule has 0 unspecified atom stereocenters. The van der Waals surface area contributed by atoms with Gasteiger partial charge in [-0.1, -0.05) is 30.3 Å². The first-order chi connectivity index (χ1) is 15.5. The number of carbonyl (C=O) groups is 1. The van der Waals surface area contributed by atoms with Gasteiger partial charge in [-0.15, -0.1) is 0 Å². The van der Waals surface area contributed by atoms with Crippen LogP contribution >= 0.6 is 11.8 Å². The lowest BCUT2D eigenvalue weighted by molar-refractivity contribution is -0.121. The summed E-state index contributed by atoms with van der Waals surface area (Å²) >= 11 is 1.32. The fourth-order valence-corrected chi connectivity index (χ4v) is 3.99. The number of hydrogen-bond acceptors (Lipinski definition) is 5. The van der Waals surface area contributed by atoms with Crippen molar-refractivity contribution in [2.75, 3.05) is 14.2 Å². The van der Waals surface area contributed by atoms with Crippen LogP contribution in [0.5, 0.6) is 11.5 Å². The lowest BCUT2D eigenvalue weighted by Gasteiger charge is -2.07. The molecular formula is C25H21FN2O3S. The van der Waals surface area contributed by atoms with Crippen LogP contribution < -0.4 is 9.47 Å². The van der Waals surface area contributed by atoms with Gasteiger partial charge < -0.3 is 9.47 Å². The summed E-state index contributed by atoms with van der Waals surface area (Å²) in [4.78, 5) is 19.3. The van der Waals surface area contributed by atoms with Gasteiger partial charge in [-0.05, 0) is 65.9 Å². The van der Waals surface area contributed by atoms with E-state index in [4.69, 9.17) is 9.47 Å². The molecule has 1 amide bonds. The second kappa shape index (κ2) is 9.70. The van der Waals surface area contributed by atoms with E-state index in [9.17, 15) is 9.18 Å². The van der Waals surface area contributed by atoms with Gasteiger partial charge in [0, 0.05) is 12.6 Å². The molecule has 1 heterocycles. The summed E-state index contributed by atoms with van der Waals surface area (Å²) in [5.41, 5.74) is 2.10. The third-order valence-electron chi connectivity index (χ3n) is 4.83. The topological polar surface area (TPSA) is 51.1 Å². The molecule has 1 fully saturated rings. The van der Waals surface area contributed by atoms with Gasteiger partial charge >= 0.3 is 0 Å². The minimum atomic E-state index is -0.290. The predicted octanol–water partition coefficient (Wildman–Crippen LogP) is 5.65. The number of benzene rings is 3. The van der Waals surface area contributed by atoms with Gasteiger partial charge in [0.15, 0.2) is 5.17 Å². The molecule has 0 spiro atoms. The molecule has 0 radical (unpaired) electrons. The summed E-state index contributed by atoms with van der Waals surface area (Å²) in [5.74, 6) is 0.975. The van der Waals surface area contributed by atoms with E-state index in [1.807, 2.05) is 42.5 Å². The van der Waals surface area contributed by atoms with Crippen molar-refractivity contribution in [2.24, 2.45) is 4.99 Å². The third kappa shape index (κ3) is 5.00. The molecule has 162 valence electrons. The van der Waals surface area contributed by atoms with Gasteiger partial charge in [-0.2, -0.15) is 0 Å². The molecule has 0 N–H and O–H groups in total. The summed E-state index contributed by atoms with van der Waals surface area (Å²) in [7, 11) is 3.32. The van der Waals surface area contributed by atoms with Crippen molar-refractivity contribution < 1.29 is 18.7 Å². The molecule has 4 rings (SSSR count). The zero-order chi connectivity index (χ0) is 22.5. The van der Waals surface area contributed by atoms with Gasteiger partial charge in [0.05, 0.1) is 17.7 Å². The number of hydrogen-bond donors (Lipinski definition) is 0. The van der Waals surface area contributed by atoms with E-state index in [1.165, 1.54) is 22.7 Å². The Labute approximate surface area is 190 Å². The van der Waals surface area contributed by atoms with E-state index in [-0.39, 0.29) is 18.3 Å². The van der Waals surface area contributed by atoms with E-state index < -0.39 is 0 Å². The number of carbonyl (C=O) groups excluding carboxylic acids is 1. The zero-order valence-electron chi connectivity index (χ0n) is 17.6. The number of thioether (sulfide) groups is 1. The lowest BCUT2D eigenvalue weighted by Crippen LogP contribution is -2.23. The molecule has 1 saturated heterocycles. The highest BCUT2D eigenvalue weighted by Gasteiger charge is 2.30. The number of methoxy groups -OCH3 is 1. The van der Waals surface area contributed by atoms with E-state index in [1.54, 1.807) is 44.5 Å². The number of aliphatic imine (C=N–C) groups is 1. The van der Waals surface area contributed by atoms with Crippen LogP contribution in [0.4, 0.5) is 10.1 Å². The van der Waals surface area contributed by atoms with Crippen LogP contribution in [0.15, 0.2) is 82.7 Å². The van der Waals surface area contributed by atoms with Gasteiger partial charge in [0.25, 0.3) is 5.91 Å². The SMILES string of the molecule is COc1ccc(N=C2S/C(=C\c3ccc(OCc4ccccc4F)cc3)C(=O)N2C)cc1. The smallest absolute Gasteiger partial charge is 0.266 e. The van der Waals surface area contributed by atoms with Gasteiger partial charge in [-0.3, -0.25) is 9.69 Å². The summed E-state index contributed by atoms with van der Waals surface area (Å²) < 4.78 is 24.5. The number of amidine groups is 1. The van der Waals surface area contributed by atoms with Crippen LogP contribution in [-0.4, -0.2) is 30.1 Å². The van der Waals surface area contributed by atoms with Crippen molar-refractivity contribution in [3.63, 3.8) is 0 Å². The highest BCUT2D eigenvalue weighted by Crippen LogP contribution is 2.33. The molecule has 0 aromatic heterocycles. The molecule has 32 heavy (non-hydrogen) atoms. The Bertz CT molecular complexity index is 1170. The number of rotatable bonds is 6. The fraction of sp³-hybridized carbons (Fsp3) is 0.120. The maximum Gasteiger partial charge on any atom is 0.266 e. The van der Waals surface area contributed by atoms with E-state index in [0.717, 1.165) is 17.0 Å². The number of ether oxygens (including phenoxy) is 2. The monoisotopic (exact) mass is 448 g/mol. The molecule has 1 aliphatic heterocycles. The van der Waals surface area contributed by atoms with Crippen LogP contribution in [0.3, 0.4) is 0 Å². The average molecular weight is 449 g/mol. The molecule has 7 heteroatoms. The number of nitrogens with zero attached hydrogens (tertiary/aromatic N) is 2. The summed E-state index contributed by atoms with van der Waals surface area (Å²) in [6, 6.07) is 21.2. The molecule has 0 saturated carbocycles. The van der Waals surface area contributed by atoms with Crippen LogP contribution in [0.25, 0.3) is 6.08 Å². The van der Waals surface area contributed by atoms with Crippen molar-refractivity contribution in [3.05, 3.63) is 94.6 Å². The van der Waals surface area contributed by atoms with Gasteiger partial charge in [0.1, 0.15) is 23.9 Å². The molecule has 1 aliphatic rings. The molecule has 0 atom stereocenters. The second-order valence-electron chi connectivity index (χ2n) is 7.02. The van der Waals surface area contributed by atoms with E-state index >= 15 is 0 Å². The highest BCUT2D eigenvalue weighted by atomic mass is 32.2. The number of amides is 1. The zero-order valence-corrected chi connectivity index (χ0v) is 18.4. The number of likely N-dealkylation sites (N-methyl/N-ethyl adjacent to an activating group) is 1. The fourth-order valence-electron chi connectivity index (χ4n) is 3.01. The maximum atomic E-state index is 13.7.